The number of nitrogens with zero attached hydrogens (tertiary/aromatic N) is 3. The number of nitrogens with one attached hydrogen (secondary N) is 2. The maximum atomic E-state index is 13.1. The minimum Gasteiger partial charge on any atom is -0.359 e. The maximum absolute atomic E-state index is 13.1. The molecule has 3 heterocycles. The van der Waals surface area contributed by atoms with Crippen LogP contribution in [0.25, 0.3) is 33.4 Å². The summed E-state index contributed by atoms with van der Waals surface area (Å²) < 4.78 is 7.82. The van der Waals surface area contributed by atoms with Crippen LogP contribution in [0.2, 0.25) is 30.7 Å². The second-order valence-electron chi connectivity index (χ2n) is 11.2. The average Bonchev–Trinajstić information content (AvgIpc) is 3.56. The summed E-state index contributed by atoms with van der Waals surface area (Å²) in [5.41, 5.74) is 5.75. The largest absolute Gasteiger partial charge is 0.359 e. The second-order valence-corrected chi connectivity index (χ2v) is 17.3. The van der Waals surface area contributed by atoms with E-state index in [0.29, 0.717) is 24.1 Å². The van der Waals surface area contributed by atoms with Crippen LogP contribution in [0.15, 0.2) is 79.1 Å². The first kappa shape index (κ1) is 27.8. The van der Waals surface area contributed by atoms with E-state index in [1.165, 1.54) is 0 Å². The fourth-order valence-corrected chi connectivity index (χ4v) is 5.43. The molecular weight excluding hydrogens is 538 g/mol. The molecule has 7 nitrogen and oxygen atoms in total. The first-order valence-corrected chi connectivity index (χ1v) is 17.5. The van der Waals surface area contributed by atoms with Crippen molar-refractivity contribution in [2.24, 2.45) is 0 Å². The minimum atomic E-state index is -1.20. The number of halogens is 1. The van der Waals surface area contributed by atoms with Crippen LogP contribution in [0.4, 0.5) is 0 Å². The molecule has 0 saturated heterocycles. The number of ether oxygens (including phenoxy) is 1. The van der Waals surface area contributed by atoms with Gasteiger partial charge in [-0.1, -0.05) is 73.7 Å². The molecule has 9 heteroatoms. The standard InChI is InChI=1S/C31H34ClN5O2Si/c1-21(23-11-8-12-26(32)15-23)35-31(38)28-17-25(19-33-28)29-27-16-24(22-9-6-5-7-10-22)18-34-30(27)37(36-29)20-39-13-14-40(2,3)4/h5-12,15-19,21,33H,13-14,20H2,1-4H3,(H,35,38). The molecule has 206 valence electrons. The van der Waals surface area contributed by atoms with Crippen LogP contribution >= 0.6 is 11.6 Å². The van der Waals surface area contributed by atoms with E-state index >= 15 is 0 Å². The Kier molecular flexibility index (Phi) is 8.21. The summed E-state index contributed by atoms with van der Waals surface area (Å²) in [5, 5.41) is 9.47. The number of amides is 1. The summed E-state index contributed by atoms with van der Waals surface area (Å²) in [7, 11) is -1.20. The molecule has 0 bridgehead atoms. The van der Waals surface area contributed by atoms with Gasteiger partial charge < -0.3 is 15.0 Å². The second kappa shape index (κ2) is 11.8. The molecule has 0 radical (unpaired) electrons. The van der Waals surface area contributed by atoms with Gasteiger partial charge in [-0.25, -0.2) is 9.67 Å². The molecule has 2 N–H and O–H groups in total. The zero-order chi connectivity index (χ0) is 28.3. The molecule has 0 aliphatic carbocycles. The highest BCUT2D eigenvalue weighted by Gasteiger charge is 2.19. The van der Waals surface area contributed by atoms with Crippen molar-refractivity contribution in [3.05, 3.63) is 95.4 Å². The predicted octanol–water partition coefficient (Wildman–Crippen LogP) is 7.55. The molecule has 1 unspecified atom stereocenters. The summed E-state index contributed by atoms with van der Waals surface area (Å²) in [6.45, 7) is 9.93. The maximum Gasteiger partial charge on any atom is 0.268 e. The molecule has 5 rings (SSSR count). The summed E-state index contributed by atoms with van der Waals surface area (Å²) >= 11 is 6.13. The van der Waals surface area contributed by atoms with E-state index in [9.17, 15) is 4.79 Å². The van der Waals surface area contributed by atoms with Crippen LogP contribution in [0.5, 0.6) is 0 Å². The van der Waals surface area contributed by atoms with Crippen LogP contribution in [0, 0.1) is 0 Å². The van der Waals surface area contributed by atoms with Gasteiger partial charge in [0.15, 0.2) is 5.65 Å². The smallest absolute Gasteiger partial charge is 0.268 e. The van der Waals surface area contributed by atoms with Crippen molar-refractivity contribution in [1.82, 2.24) is 25.1 Å². The van der Waals surface area contributed by atoms with E-state index in [1.54, 1.807) is 4.68 Å². The predicted molar refractivity (Wildman–Crippen MR) is 164 cm³/mol. The molecule has 0 saturated carbocycles. The number of hydrogen-bond acceptors (Lipinski definition) is 4. The SMILES string of the molecule is CC(NC(=O)c1cc(-c2nn(COCC[Si](C)(C)C)c3ncc(-c4ccccc4)cc23)c[nH]1)c1cccc(Cl)c1. The zero-order valence-electron chi connectivity index (χ0n) is 23.2. The van der Waals surface area contributed by atoms with Gasteiger partial charge in [0.05, 0.1) is 6.04 Å². The molecule has 0 spiro atoms. The number of hydrogen-bond donors (Lipinski definition) is 2. The van der Waals surface area contributed by atoms with Crippen LogP contribution in [0.1, 0.15) is 29.0 Å². The molecule has 40 heavy (non-hydrogen) atoms. The van der Waals surface area contributed by atoms with Crippen LogP contribution < -0.4 is 5.32 Å². The molecule has 0 fully saturated rings. The highest BCUT2D eigenvalue weighted by molar-refractivity contribution is 6.76. The van der Waals surface area contributed by atoms with Crippen LogP contribution in [0.3, 0.4) is 0 Å². The number of rotatable bonds is 10. The van der Waals surface area contributed by atoms with Crippen molar-refractivity contribution in [2.45, 2.75) is 45.4 Å². The van der Waals surface area contributed by atoms with Gasteiger partial charge in [-0.2, -0.15) is 5.10 Å². The Morgan fingerprint density at radius 3 is 2.60 bits per heavy atom. The lowest BCUT2D eigenvalue weighted by molar-refractivity contribution is 0.0814. The summed E-state index contributed by atoms with van der Waals surface area (Å²) in [5.74, 6) is -0.208. The molecule has 5 aromatic rings. The summed E-state index contributed by atoms with van der Waals surface area (Å²) in [6, 6.07) is 22.4. The molecule has 0 aliphatic rings. The number of fused-ring (bicyclic) bond motifs is 1. The first-order valence-electron chi connectivity index (χ1n) is 13.4. The highest BCUT2D eigenvalue weighted by Crippen LogP contribution is 2.31. The number of carbonyl (C=O) groups is 1. The van der Waals surface area contributed by atoms with Crippen molar-refractivity contribution in [3.8, 4) is 22.4 Å². The van der Waals surface area contributed by atoms with E-state index in [0.717, 1.165) is 45.0 Å². The van der Waals surface area contributed by atoms with Crippen LogP contribution in [-0.4, -0.2) is 40.3 Å². The Labute approximate surface area is 240 Å². The monoisotopic (exact) mass is 571 g/mol. The van der Waals surface area contributed by atoms with Gasteiger partial charge >= 0.3 is 0 Å². The van der Waals surface area contributed by atoms with Gasteiger partial charge in [0.25, 0.3) is 5.91 Å². The van der Waals surface area contributed by atoms with Crippen LogP contribution in [-0.2, 0) is 11.5 Å². The van der Waals surface area contributed by atoms with Crippen molar-refractivity contribution < 1.29 is 9.53 Å². The molecular formula is C31H34ClN5O2Si. The van der Waals surface area contributed by atoms with E-state index in [2.05, 4.69) is 48.1 Å². The Balaban J connectivity index is 1.43. The number of aromatic nitrogens is 4. The third-order valence-corrected chi connectivity index (χ3v) is 8.74. The Bertz CT molecular complexity index is 1620. The number of benzene rings is 2. The van der Waals surface area contributed by atoms with E-state index in [1.807, 2.05) is 67.8 Å². The van der Waals surface area contributed by atoms with Gasteiger partial charge in [-0.3, -0.25) is 4.79 Å². The van der Waals surface area contributed by atoms with Crippen molar-refractivity contribution in [1.29, 1.82) is 0 Å². The normalized spacial score (nSPS) is 12.5. The Hall–Kier alpha value is -3.72. The molecule has 1 amide bonds. The van der Waals surface area contributed by atoms with E-state index in [-0.39, 0.29) is 11.9 Å². The summed E-state index contributed by atoms with van der Waals surface area (Å²) in [4.78, 5) is 21.0. The lowest BCUT2D eigenvalue weighted by atomic mass is 10.1. The minimum absolute atomic E-state index is 0.205. The van der Waals surface area contributed by atoms with Crippen molar-refractivity contribution >= 4 is 36.6 Å². The number of carbonyl (C=O) groups excluding carboxylic acids is 1. The van der Waals surface area contributed by atoms with Gasteiger partial charge in [-0.05, 0) is 48.4 Å². The van der Waals surface area contributed by atoms with Gasteiger partial charge in [0.1, 0.15) is 18.1 Å². The first-order chi connectivity index (χ1) is 19.2. The Morgan fingerprint density at radius 2 is 1.85 bits per heavy atom. The van der Waals surface area contributed by atoms with Gasteiger partial charge in [0, 0.05) is 48.6 Å². The Morgan fingerprint density at radius 1 is 1.05 bits per heavy atom. The topological polar surface area (TPSA) is 84.8 Å². The summed E-state index contributed by atoms with van der Waals surface area (Å²) in [6.07, 6.45) is 3.68. The van der Waals surface area contributed by atoms with Crippen molar-refractivity contribution in [2.75, 3.05) is 6.61 Å². The van der Waals surface area contributed by atoms with E-state index in [4.69, 9.17) is 26.4 Å². The molecule has 3 aromatic heterocycles. The number of aromatic amines is 1. The quantitative estimate of drug-likeness (QED) is 0.134. The lowest BCUT2D eigenvalue weighted by Gasteiger charge is -2.15. The molecule has 1 atom stereocenters. The molecule has 2 aromatic carbocycles. The van der Waals surface area contributed by atoms with E-state index < -0.39 is 8.07 Å². The third-order valence-electron chi connectivity index (χ3n) is 6.80. The molecule has 0 aliphatic heterocycles. The van der Waals surface area contributed by atoms with Gasteiger partial charge in [-0.15, -0.1) is 0 Å². The zero-order valence-corrected chi connectivity index (χ0v) is 25.0. The number of pyridine rings is 1. The third kappa shape index (κ3) is 6.52. The fourth-order valence-electron chi connectivity index (χ4n) is 4.48. The lowest BCUT2D eigenvalue weighted by Crippen LogP contribution is -2.26. The average molecular weight is 572 g/mol. The van der Waals surface area contributed by atoms with Crippen molar-refractivity contribution in [3.63, 3.8) is 0 Å². The fraction of sp³-hybridized carbons (Fsp3) is 0.258. The van der Waals surface area contributed by atoms with Gasteiger partial charge in [0.2, 0.25) is 0 Å². The number of H-pyrrole nitrogens is 1. The highest BCUT2D eigenvalue weighted by atomic mass is 35.5.